The summed E-state index contributed by atoms with van der Waals surface area (Å²) in [6.07, 6.45) is 0.322. The van der Waals surface area contributed by atoms with Gasteiger partial charge in [-0.3, -0.25) is 4.79 Å². The van der Waals surface area contributed by atoms with Crippen molar-refractivity contribution in [2.75, 3.05) is 13.1 Å². The molecule has 1 heterocycles. The van der Waals surface area contributed by atoms with Gasteiger partial charge in [-0.15, -0.1) is 0 Å². The smallest absolute Gasteiger partial charge is 0.307 e. The average Bonchev–Trinajstić information content (AvgIpc) is 2.39. The van der Waals surface area contributed by atoms with Crippen LogP contribution in [-0.2, 0) is 21.2 Å². The highest BCUT2D eigenvalue weighted by atomic mass is 32.2. The number of hydrogen-bond donors (Lipinski definition) is 2. The van der Waals surface area contributed by atoms with Crippen molar-refractivity contribution >= 4 is 16.0 Å². The van der Waals surface area contributed by atoms with Crippen LogP contribution in [0.4, 0.5) is 0 Å². The molecule has 1 aromatic carbocycles. The molecule has 1 aromatic rings. The minimum absolute atomic E-state index is 0.129. The molecule has 2 rings (SSSR count). The SMILES string of the molecule is O=C(O)Cc1ccc(S(=O)(=O)N2CCC(O)CC2)cc1. The van der Waals surface area contributed by atoms with Crippen molar-refractivity contribution < 1.29 is 23.4 Å². The highest BCUT2D eigenvalue weighted by Gasteiger charge is 2.28. The molecular weight excluding hydrogens is 282 g/mol. The van der Waals surface area contributed by atoms with Crippen molar-refractivity contribution in [1.82, 2.24) is 4.31 Å². The molecule has 0 saturated carbocycles. The van der Waals surface area contributed by atoms with E-state index >= 15 is 0 Å². The first-order valence-electron chi connectivity index (χ1n) is 6.38. The van der Waals surface area contributed by atoms with E-state index in [4.69, 9.17) is 5.11 Å². The third kappa shape index (κ3) is 3.36. The largest absolute Gasteiger partial charge is 0.481 e. The lowest BCUT2D eigenvalue weighted by Gasteiger charge is -2.28. The quantitative estimate of drug-likeness (QED) is 0.842. The van der Waals surface area contributed by atoms with E-state index in [0.29, 0.717) is 31.5 Å². The Labute approximate surface area is 117 Å². The van der Waals surface area contributed by atoms with Gasteiger partial charge in [-0.25, -0.2) is 8.42 Å². The lowest BCUT2D eigenvalue weighted by molar-refractivity contribution is -0.136. The monoisotopic (exact) mass is 299 g/mol. The van der Waals surface area contributed by atoms with Gasteiger partial charge >= 0.3 is 5.97 Å². The van der Waals surface area contributed by atoms with Crippen LogP contribution < -0.4 is 0 Å². The number of nitrogens with zero attached hydrogens (tertiary/aromatic N) is 1. The topological polar surface area (TPSA) is 94.9 Å². The van der Waals surface area contributed by atoms with Crippen molar-refractivity contribution in [1.29, 1.82) is 0 Å². The van der Waals surface area contributed by atoms with Gasteiger partial charge in [0, 0.05) is 13.1 Å². The molecule has 7 heteroatoms. The molecule has 0 radical (unpaired) electrons. The Bertz CT molecular complexity index is 573. The van der Waals surface area contributed by atoms with Crippen LogP contribution in [0.15, 0.2) is 29.2 Å². The number of carbonyl (C=O) groups is 1. The second-order valence-electron chi connectivity index (χ2n) is 4.85. The highest BCUT2D eigenvalue weighted by molar-refractivity contribution is 7.89. The third-order valence-electron chi connectivity index (χ3n) is 3.34. The summed E-state index contributed by atoms with van der Waals surface area (Å²) in [5.74, 6) is -0.953. The fourth-order valence-corrected chi connectivity index (χ4v) is 3.66. The zero-order valence-electron chi connectivity index (χ0n) is 10.9. The Morgan fingerprint density at radius 3 is 2.25 bits per heavy atom. The molecular formula is C13H17NO5S. The van der Waals surface area contributed by atoms with Gasteiger partial charge in [-0.1, -0.05) is 12.1 Å². The lowest BCUT2D eigenvalue weighted by Crippen LogP contribution is -2.39. The molecule has 1 aliphatic rings. The van der Waals surface area contributed by atoms with E-state index in [-0.39, 0.29) is 11.3 Å². The van der Waals surface area contributed by atoms with E-state index in [1.807, 2.05) is 0 Å². The van der Waals surface area contributed by atoms with Crippen LogP contribution in [0.25, 0.3) is 0 Å². The Balaban J connectivity index is 2.15. The van der Waals surface area contributed by atoms with Crippen LogP contribution in [0.2, 0.25) is 0 Å². The maximum atomic E-state index is 12.4. The number of aliphatic hydroxyl groups excluding tert-OH is 1. The standard InChI is InChI=1S/C13H17NO5S/c15-11-5-7-14(8-6-11)20(18,19)12-3-1-10(2-4-12)9-13(16)17/h1-4,11,15H,5-9H2,(H,16,17). The molecule has 6 nitrogen and oxygen atoms in total. The number of rotatable bonds is 4. The average molecular weight is 299 g/mol. The fourth-order valence-electron chi connectivity index (χ4n) is 2.19. The number of aliphatic carboxylic acids is 1. The predicted molar refractivity (Wildman–Crippen MR) is 71.8 cm³/mol. The normalized spacial score (nSPS) is 18.1. The van der Waals surface area contributed by atoms with Crippen molar-refractivity contribution in [3.63, 3.8) is 0 Å². The maximum absolute atomic E-state index is 12.4. The number of carboxylic acids is 1. The van der Waals surface area contributed by atoms with Crippen LogP contribution in [0.5, 0.6) is 0 Å². The summed E-state index contributed by atoms with van der Waals surface area (Å²) in [7, 11) is -3.56. The highest BCUT2D eigenvalue weighted by Crippen LogP contribution is 2.21. The predicted octanol–water partition coefficient (Wildman–Crippen LogP) is 0.459. The number of carboxylic acid groups (broad SMARTS) is 1. The van der Waals surface area contributed by atoms with Crippen molar-refractivity contribution in [3.8, 4) is 0 Å². The fraction of sp³-hybridized carbons (Fsp3) is 0.462. The van der Waals surface area contributed by atoms with E-state index in [1.54, 1.807) is 0 Å². The summed E-state index contributed by atoms with van der Waals surface area (Å²) in [6, 6.07) is 5.89. The zero-order valence-corrected chi connectivity index (χ0v) is 11.7. The molecule has 0 aliphatic carbocycles. The molecule has 0 unspecified atom stereocenters. The first-order chi connectivity index (χ1) is 9.39. The van der Waals surface area contributed by atoms with Gasteiger partial charge in [-0.05, 0) is 30.5 Å². The van der Waals surface area contributed by atoms with E-state index in [1.165, 1.54) is 28.6 Å². The lowest BCUT2D eigenvalue weighted by atomic mass is 10.1. The zero-order chi connectivity index (χ0) is 14.8. The Kier molecular flexibility index (Phi) is 4.42. The molecule has 110 valence electrons. The van der Waals surface area contributed by atoms with Crippen molar-refractivity contribution in [2.45, 2.75) is 30.3 Å². The number of sulfonamides is 1. The number of aliphatic hydroxyl groups is 1. The van der Waals surface area contributed by atoms with Crippen LogP contribution >= 0.6 is 0 Å². The van der Waals surface area contributed by atoms with Gasteiger partial charge < -0.3 is 10.2 Å². The minimum Gasteiger partial charge on any atom is -0.481 e. The summed E-state index contributed by atoms with van der Waals surface area (Å²) >= 11 is 0. The molecule has 1 fully saturated rings. The maximum Gasteiger partial charge on any atom is 0.307 e. The molecule has 2 N–H and O–H groups in total. The van der Waals surface area contributed by atoms with Gasteiger partial charge in [-0.2, -0.15) is 4.31 Å². The summed E-state index contributed by atoms with van der Waals surface area (Å²) in [5, 5.41) is 18.1. The number of hydrogen-bond acceptors (Lipinski definition) is 4. The van der Waals surface area contributed by atoms with E-state index in [2.05, 4.69) is 0 Å². The van der Waals surface area contributed by atoms with Crippen LogP contribution in [0.3, 0.4) is 0 Å². The molecule has 20 heavy (non-hydrogen) atoms. The summed E-state index contributed by atoms with van der Waals surface area (Å²) in [5.41, 5.74) is 0.561. The Morgan fingerprint density at radius 2 is 1.75 bits per heavy atom. The van der Waals surface area contributed by atoms with Gasteiger partial charge in [0.15, 0.2) is 0 Å². The first kappa shape index (κ1) is 15.0. The van der Waals surface area contributed by atoms with E-state index in [9.17, 15) is 18.3 Å². The first-order valence-corrected chi connectivity index (χ1v) is 7.82. The number of piperidine rings is 1. The molecule has 1 saturated heterocycles. The van der Waals surface area contributed by atoms with Gasteiger partial charge in [0.25, 0.3) is 0 Å². The molecule has 0 bridgehead atoms. The van der Waals surface area contributed by atoms with Crippen molar-refractivity contribution in [2.24, 2.45) is 0 Å². The molecule has 1 aliphatic heterocycles. The molecule has 0 aromatic heterocycles. The van der Waals surface area contributed by atoms with Crippen molar-refractivity contribution in [3.05, 3.63) is 29.8 Å². The van der Waals surface area contributed by atoms with Crippen LogP contribution in [0.1, 0.15) is 18.4 Å². The van der Waals surface area contributed by atoms with Gasteiger partial charge in [0.1, 0.15) is 0 Å². The summed E-state index contributed by atoms with van der Waals surface area (Å²) < 4.78 is 26.1. The van der Waals surface area contributed by atoms with E-state index in [0.717, 1.165) is 0 Å². The van der Waals surface area contributed by atoms with Crippen LogP contribution in [0, 0.1) is 0 Å². The second-order valence-corrected chi connectivity index (χ2v) is 6.79. The molecule has 0 amide bonds. The third-order valence-corrected chi connectivity index (χ3v) is 5.25. The van der Waals surface area contributed by atoms with Crippen LogP contribution in [-0.4, -0.2) is 48.1 Å². The molecule has 0 atom stereocenters. The van der Waals surface area contributed by atoms with Gasteiger partial charge in [0.2, 0.25) is 10.0 Å². The summed E-state index contributed by atoms with van der Waals surface area (Å²) in [4.78, 5) is 10.7. The molecule has 0 spiro atoms. The van der Waals surface area contributed by atoms with Gasteiger partial charge in [0.05, 0.1) is 17.4 Å². The Hall–Kier alpha value is -1.44. The second kappa shape index (κ2) is 5.90. The Morgan fingerprint density at radius 1 is 1.20 bits per heavy atom. The number of benzene rings is 1. The minimum atomic E-state index is -3.56. The van der Waals surface area contributed by atoms with E-state index < -0.39 is 22.1 Å². The summed E-state index contributed by atoms with van der Waals surface area (Å²) in [6.45, 7) is 0.612.